The molecule has 0 heterocycles. The van der Waals surface area contributed by atoms with Crippen LogP contribution in [-0.2, 0) is 41.6 Å². The number of phenols is 2. The molecule has 0 bridgehead atoms. The zero-order valence-electron chi connectivity index (χ0n) is 25.6. The molecule has 0 aliphatic rings. The predicted octanol–water partition coefficient (Wildman–Crippen LogP) is -0.224. The topological polar surface area (TPSA) is 257 Å². The summed E-state index contributed by atoms with van der Waals surface area (Å²) in [5.41, 5.74) is 7.18. The van der Waals surface area contributed by atoms with Gasteiger partial charge in [0.1, 0.15) is 36.2 Å². The number of aromatic hydroxyl groups is 2. The van der Waals surface area contributed by atoms with Crippen LogP contribution in [0, 0.1) is 5.92 Å². The summed E-state index contributed by atoms with van der Waals surface area (Å²) in [7, 11) is 0. The van der Waals surface area contributed by atoms with Gasteiger partial charge in [0.25, 0.3) is 0 Å². The van der Waals surface area contributed by atoms with Gasteiger partial charge in [0, 0.05) is 12.8 Å². The monoisotopic (exact) mass is 643 g/mol. The fourth-order valence-corrected chi connectivity index (χ4v) is 4.37. The standard InChI is InChI=1S/C31H41N5O10/c1-3-17(2)27(31(46)33-16-26(41)42)36-30(45)24(15-19-6-10-21(38)11-7-19)35-29(44)23(12-13-25(39)40)34-28(43)22(32)14-18-4-8-20(37)9-5-18/h4-11,17,22-24,27,37-38H,3,12-16,32H2,1-2H3,(H,33,46)(H,34,43)(H,35,44)(H,36,45)(H,39,40)(H,41,42)/t17-,22-,23-,24-,27-/m0/s1. The Kier molecular flexibility index (Phi) is 14.4. The van der Waals surface area contributed by atoms with Gasteiger partial charge in [-0.1, -0.05) is 44.5 Å². The number of aliphatic carboxylic acids is 2. The Morgan fingerprint density at radius 3 is 1.70 bits per heavy atom. The van der Waals surface area contributed by atoms with E-state index in [0.717, 1.165) is 0 Å². The molecule has 5 atom stereocenters. The van der Waals surface area contributed by atoms with Crippen molar-refractivity contribution in [2.75, 3.05) is 6.54 Å². The lowest BCUT2D eigenvalue weighted by atomic mass is 9.97. The number of phenolic OH excluding ortho intramolecular Hbond substituents is 2. The van der Waals surface area contributed by atoms with E-state index < -0.39 is 78.6 Å². The van der Waals surface area contributed by atoms with Gasteiger partial charge in [0.15, 0.2) is 0 Å². The molecule has 0 saturated carbocycles. The van der Waals surface area contributed by atoms with E-state index in [-0.39, 0.29) is 30.8 Å². The van der Waals surface area contributed by atoms with Crippen molar-refractivity contribution in [3.8, 4) is 11.5 Å². The van der Waals surface area contributed by atoms with Crippen molar-refractivity contribution in [1.29, 1.82) is 0 Å². The van der Waals surface area contributed by atoms with Gasteiger partial charge >= 0.3 is 11.9 Å². The molecule has 10 N–H and O–H groups in total. The molecule has 2 aromatic carbocycles. The summed E-state index contributed by atoms with van der Waals surface area (Å²) in [6.45, 7) is 2.78. The first-order valence-corrected chi connectivity index (χ1v) is 14.6. The highest BCUT2D eigenvalue weighted by molar-refractivity contribution is 5.95. The summed E-state index contributed by atoms with van der Waals surface area (Å²) < 4.78 is 0. The molecule has 2 rings (SSSR count). The van der Waals surface area contributed by atoms with Crippen LogP contribution in [0.15, 0.2) is 48.5 Å². The first kappa shape index (κ1) is 37.0. The van der Waals surface area contributed by atoms with Crippen molar-refractivity contribution in [1.82, 2.24) is 21.3 Å². The third kappa shape index (κ3) is 12.4. The van der Waals surface area contributed by atoms with Crippen molar-refractivity contribution in [3.05, 3.63) is 59.7 Å². The second-order valence-corrected chi connectivity index (χ2v) is 10.9. The first-order valence-electron chi connectivity index (χ1n) is 14.6. The fourth-order valence-electron chi connectivity index (χ4n) is 4.37. The molecular formula is C31H41N5O10. The molecule has 250 valence electrons. The number of carboxylic acid groups (broad SMARTS) is 2. The molecule has 0 unspecified atom stereocenters. The Labute approximate surface area is 265 Å². The van der Waals surface area contributed by atoms with Gasteiger partial charge in [-0.15, -0.1) is 0 Å². The molecule has 2 aromatic rings. The van der Waals surface area contributed by atoms with Gasteiger partial charge in [-0.3, -0.25) is 28.8 Å². The molecule has 0 aliphatic heterocycles. The minimum Gasteiger partial charge on any atom is -0.508 e. The van der Waals surface area contributed by atoms with Crippen LogP contribution in [0.1, 0.15) is 44.2 Å². The third-order valence-corrected chi connectivity index (χ3v) is 7.22. The molecule has 15 heteroatoms. The van der Waals surface area contributed by atoms with Crippen LogP contribution < -0.4 is 27.0 Å². The highest BCUT2D eigenvalue weighted by atomic mass is 16.4. The molecule has 0 spiro atoms. The minimum absolute atomic E-state index is 0.0226. The van der Waals surface area contributed by atoms with Gasteiger partial charge in [-0.2, -0.15) is 0 Å². The van der Waals surface area contributed by atoms with Gasteiger partial charge in [0.2, 0.25) is 23.6 Å². The Morgan fingerprint density at radius 1 is 0.696 bits per heavy atom. The van der Waals surface area contributed by atoms with Gasteiger partial charge in [-0.25, -0.2) is 0 Å². The molecule has 0 saturated heterocycles. The Hall–Kier alpha value is -5.18. The van der Waals surface area contributed by atoms with Gasteiger partial charge in [0.05, 0.1) is 6.04 Å². The van der Waals surface area contributed by atoms with Crippen LogP contribution in [0.3, 0.4) is 0 Å². The minimum atomic E-state index is -1.41. The van der Waals surface area contributed by atoms with E-state index >= 15 is 0 Å². The van der Waals surface area contributed by atoms with Crippen LogP contribution in [0.25, 0.3) is 0 Å². The number of nitrogens with two attached hydrogens (primary N) is 1. The lowest BCUT2D eigenvalue weighted by Crippen LogP contribution is -2.59. The van der Waals surface area contributed by atoms with Crippen LogP contribution in [-0.4, -0.2) is 86.7 Å². The number of rotatable bonds is 18. The van der Waals surface area contributed by atoms with Crippen molar-refractivity contribution >= 4 is 35.6 Å². The number of amides is 4. The molecule has 0 radical (unpaired) electrons. The highest BCUT2D eigenvalue weighted by Gasteiger charge is 2.32. The second-order valence-electron chi connectivity index (χ2n) is 10.9. The maximum absolute atomic E-state index is 13.6. The Morgan fingerprint density at radius 2 is 1.20 bits per heavy atom. The molecular weight excluding hydrogens is 602 g/mol. The SMILES string of the molecule is CC[C@H](C)[C@H](NC(=O)[C@H](Cc1ccc(O)cc1)NC(=O)[C@H](CCC(=O)O)NC(=O)[C@@H](N)Cc1ccc(O)cc1)C(=O)NCC(=O)O. The molecule has 0 fully saturated rings. The summed E-state index contributed by atoms with van der Waals surface area (Å²) >= 11 is 0. The third-order valence-electron chi connectivity index (χ3n) is 7.22. The van der Waals surface area contributed by atoms with Crippen molar-refractivity contribution < 1.29 is 49.2 Å². The summed E-state index contributed by atoms with van der Waals surface area (Å²) in [6.07, 6.45) is -0.470. The van der Waals surface area contributed by atoms with E-state index in [0.29, 0.717) is 17.5 Å². The van der Waals surface area contributed by atoms with Crippen molar-refractivity contribution in [2.24, 2.45) is 11.7 Å². The molecule has 4 amide bonds. The van der Waals surface area contributed by atoms with E-state index in [2.05, 4.69) is 21.3 Å². The quantitative estimate of drug-likeness (QED) is 0.103. The van der Waals surface area contributed by atoms with Crippen LogP contribution >= 0.6 is 0 Å². The lowest BCUT2D eigenvalue weighted by molar-refractivity contribution is -0.139. The van der Waals surface area contributed by atoms with Crippen LogP contribution in [0.4, 0.5) is 0 Å². The van der Waals surface area contributed by atoms with Crippen LogP contribution in [0.5, 0.6) is 11.5 Å². The summed E-state index contributed by atoms with van der Waals surface area (Å²) in [4.78, 5) is 75.1. The summed E-state index contributed by atoms with van der Waals surface area (Å²) in [5, 5.41) is 47.2. The van der Waals surface area contributed by atoms with Crippen molar-refractivity contribution in [2.45, 2.75) is 70.1 Å². The summed E-state index contributed by atoms with van der Waals surface area (Å²) in [5.74, 6) is -6.15. The number of nitrogens with one attached hydrogen (secondary N) is 4. The Balaban J connectivity index is 2.30. The number of carbonyl (C=O) groups excluding carboxylic acids is 4. The van der Waals surface area contributed by atoms with E-state index in [1.165, 1.54) is 36.4 Å². The van der Waals surface area contributed by atoms with Crippen molar-refractivity contribution in [3.63, 3.8) is 0 Å². The molecule has 0 aliphatic carbocycles. The highest BCUT2D eigenvalue weighted by Crippen LogP contribution is 2.14. The number of hydrogen-bond acceptors (Lipinski definition) is 9. The Bertz CT molecular complexity index is 1370. The number of carboxylic acids is 2. The molecule has 0 aromatic heterocycles. The zero-order valence-corrected chi connectivity index (χ0v) is 25.6. The molecule has 46 heavy (non-hydrogen) atoms. The molecule has 15 nitrogen and oxygen atoms in total. The van der Waals surface area contributed by atoms with E-state index in [4.69, 9.17) is 10.8 Å². The second kappa shape index (κ2) is 17.9. The van der Waals surface area contributed by atoms with E-state index in [1.807, 2.05) is 0 Å². The average molecular weight is 644 g/mol. The average Bonchev–Trinajstić information content (AvgIpc) is 3.01. The first-order chi connectivity index (χ1) is 21.7. The van der Waals surface area contributed by atoms with Crippen LogP contribution in [0.2, 0.25) is 0 Å². The smallest absolute Gasteiger partial charge is 0.322 e. The normalized spacial score (nSPS) is 14.1. The van der Waals surface area contributed by atoms with Gasteiger partial charge < -0.3 is 47.4 Å². The lowest BCUT2D eigenvalue weighted by Gasteiger charge is -2.28. The number of carbonyl (C=O) groups is 6. The van der Waals surface area contributed by atoms with Gasteiger partial charge in [-0.05, 0) is 54.2 Å². The number of hydrogen-bond donors (Lipinski definition) is 9. The zero-order chi connectivity index (χ0) is 34.4. The maximum atomic E-state index is 13.6. The predicted molar refractivity (Wildman–Crippen MR) is 164 cm³/mol. The fraction of sp³-hybridized carbons (Fsp3) is 0.419. The largest absolute Gasteiger partial charge is 0.508 e. The maximum Gasteiger partial charge on any atom is 0.322 e. The van der Waals surface area contributed by atoms with E-state index in [1.54, 1.807) is 26.0 Å². The number of benzene rings is 2. The summed E-state index contributed by atoms with van der Waals surface area (Å²) in [6, 6.07) is 6.71. The van der Waals surface area contributed by atoms with E-state index in [9.17, 15) is 44.1 Å².